The molecule has 2 rings (SSSR count). The van der Waals surface area contributed by atoms with Gasteiger partial charge in [-0.3, -0.25) is 4.98 Å². The normalized spacial score (nSPS) is 11.4. The Morgan fingerprint density at radius 1 is 1.06 bits per heavy atom. The first-order valence-electron chi connectivity index (χ1n) is 5.73. The van der Waals surface area contributed by atoms with Crippen molar-refractivity contribution in [3.8, 4) is 11.1 Å². The quantitative estimate of drug-likeness (QED) is 0.848. The predicted molar refractivity (Wildman–Crippen MR) is 73.1 cm³/mol. The number of benzene rings is 1. The molecule has 0 saturated heterocycles. The highest BCUT2D eigenvalue weighted by Crippen LogP contribution is 2.22. The van der Waals surface area contributed by atoms with E-state index in [9.17, 15) is 8.42 Å². The van der Waals surface area contributed by atoms with Crippen molar-refractivity contribution in [2.45, 2.75) is 6.42 Å². The number of aromatic nitrogens is 1. The second kappa shape index (κ2) is 5.31. The molecule has 0 amide bonds. The third-order valence-corrected chi connectivity index (χ3v) is 3.63. The summed E-state index contributed by atoms with van der Waals surface area (Å²) in [6, 6.07) is 13.7. The number of pyridine rings is 1. The fraction of sp³-hybridized carbons (Fsp3) is 0.214. The Hall–Kier alpha value is -1.68. The molecule has 0 bridgehead atoms. The molecule has 0 aliphatic carbocycles. The Kier molecular flexibility index (Phi) is 3.77. The molecule has 4 heteroatoms. The van der Waals surface area contributed by atoms with Crippen molar-refractivity contribution in [3.63, 3.8) is 0 Å². The molecular formula is C14H15NO2S. The fourth-order valence-electron chi connectivity index (χ4n) is 1.80. The third-order valence-electron chi connectivity index (χ3n) is 2.68. The van der Waals surface area contributed by atoms with Crippen LogP contribution in [-0.4, -0.2) is 25.4 Å². The summed E-state index contributed by atoms with van der Waals surface area (Å²) in [4.78, 5) is 4.29. The predicted octanol–water partition coefficient (Wildman–Crippen LogP) is 2.34. The van der Waals surface area contributed by atoms with E-state index < -0.39 is 9.84 Å². The van der Waals surface area contributed by atoms with Gasteiger partial charge < -0.3 is 0 Å². The van der Waals surface area contributed by atoms with Gasteiger partial charge in [-0.25, -0.2) is 8.42 Å². The largest absolute Gasteiger partial charge is 0.261 e. The maximum absolute atomic E-state index is 11.2. The average Bonchev–Trinajstić information content (AvgIpc) is 2.37. The zero-order valence-corrected chi connectivity index (χ0v) is 11.0. The van der Waals surface area contributed by atoms with Gasteiger partial charge in [-0.15, -0.1) is 0 Å². The summed E-state index contributed by atoms with van der Waals surface area (Å²) in [5.74, 6) is 0.129. The van der Waals surface area contributed by atoms with Crippen molar-refractivity contribution in [1.29, 1.82) is 0 Å². The summed E-state index contributed by atoms with van der Waals surface area (Å²) in [6.07, 6.45) is 3.39. The monoisotopic (exact) mass is 261 g/mol. The van der Waals surface area contributed by atoms with Crippen molar-refractivity contribution in [2.24, 2.45) is 0 Å². The van der Waals surface area contributed by atoms with Gasteiger partial charge >= 0.3 is 0 Å². The molecule has 0 atom stereocenters. The van der Waals surface area contributed by atoms with Crippen molar-refractivity contribution in [2.75, 3.05) is 12.0 Å². The van der Waals surface area contributed by atoms with Gasteiger partial charge in [0.2, 0.25) is 0 Å². The van der Waals surface area contributed by atoms with Crippen molar-refractivity contribution < 1.29 is 8.42 Å². The smallest absolute Gasteiger partial charge is 0.147 e. The standard InChI is InChI=1S/C14H15NO2S/c1-18(16,17)11-9-14-13(8-5-10-15-14)12-6-3-2-4-7-12/h2-8,10H,9,11H2,1H3. The number of rotatable bonds is 4. The molecule has 0 aliphatic heterocycles. The Morgan fingerprint density at radius 2 is 1.78 bits per heavy atom. The summed E-state index contributed by atoms with van der Waals surface area (Å²) in [5.41, 5.74) is 2.89. The molecule has 0 N–H and O–H groups in total. The molecule has 0 radical (unpaired) electrons. The Labute approximate surface area is 107 Å². The average molecular weight is 261 g/mol. The highest BCUT2D eigenvalue weighted by Gasteiger charge is 2.09. The first-order valence-corrected chi connectivity index (χ1v) is 7.79. The SMILES string of the molecule is CS(=O)(=O)CCc1ncccc1-c1ccccc1. The number of sulfone groups is 1. The van der Waals surface area contributed by atoms with Crippen molar-refractivity contribution >= 4 is 9.84 Å². The molecule has 94 valence electrons. The van der Waals surface area contributed by atoms with Crippen LogP contribution in [0, 0.1) is 0 Å². The van der Waals surface area contributed by atoms with E-state index in [0.29, 0.717) is 6.42 Å². The van der Waals surface area contributed by atoms with Gasteiger partial charge in [0.05, 0.1) is 5.75 Å². The van der Waals surface area contributed by atoms with E-state index in [1.54, 1.807) is 6.20 Å². The summed E-state index contributed by atoms with van der Waals surface area (Å²) >= 11 is 0. The zero-order valence-electron chi connectivity index (χ0n) is 10.2. The minimum Gasteiger partial charge on any atom is -0.261 e. The van der Waals surface area contributed by atoms with Crippen LogP contribution in [0.15, 0.2) is 48.7 Å². The Morgan fingerprint density at radius 3 is 2.44 bits per heavy atom. The van der Waals surface area contributed by atoms with Gasteiger partial charge in [-0.05, 0) is 11.6 Å². The third kappa shape index (κ3) is 3.40. The molecule has 1 aromatic carbocycles. The summed E-state index contributed by atoms with van der Waals surface area (Å²) in [7, 11) is -2.96. The fourth-order valence-corrected chi connectivity index (χ4v) is 2.36. The minimum atomic E-state index is -2.96. The first kappa shape index (κ1) is 12.8. The molecule has 1 heterocycles. The maximum Gasteiger partial charge on any atom is 0.147 e. The first-order chi connectivity index (χ1) is 8.56. The highest BCUT2D eigenvalue weighted by atomic mass is 32.2. The minimum absolute atomic E-state index is 0.129. The molecule has 0 saturated carbocycles. The van der Waals surface area contributed by atoms with Crippen LogP contribution in [0.1, 0.15) is 5.69 Å². The van der Waals surface area contributed by atoms with Crippen molar-refractivity contribution in [3.05, 3.63) is 54.4 Å². The van der Waals surface area contributed by atoms with Gasteiger partial charge in [-0.2, -0.15) is 0 Å². The number of nitrogens with zero attached hydrogens (tertiary/aromatic N) is 1. The van der Waals surface area contributed by atoms with Gasteiger partial charge in [0.15, 0.2) is 0 Å². The summed E-state index contributed by atoms with van der Waals surface area (Å²) < 4.78 is 22.4. The molecule has 0 spiro atoms. The Bertz CT molecular complexity index is 621. The maximum atomic E-state index is 11.2. The second-order valence-electron chi connectivity index (χ2n) is 4.24. The molecule has 18 heavy (non-hydrogen) atoms. The number of hydrogen-bond acceptors (Lipinski definition) is 3. The lowest BCUT2D eigenvalue weighted by Crippen LogP contribution is -2.07. The molecule has 0 unspecified atom stereocenters. The van der Waals surface area contributed by atoms with E-state index in [-0.39, 0.29) is 5.75 Å². The van der Waals surface area contributed by atoms with E-state index in [1.165, 1.54) is 6.26 Å². The van der Waals surface area contributed by atoms with Crippen LogP contribution in [0.2, 0.25) is 0 Å². The van der Waals surface area contributed by atoms with Crippen molar-refractivity contribution in [1.82, 2.24) is 4.98 Å². The van der Waals surface area contributed by atoms with Gasteiger partial charge in [0.1, 0.15) is 9.84 Å². The summed E-state index contributed by atoms with van der Waals surface area (Å²) in [6.45, 7) is 0. The molecular weight excluding hydrogens is 246 g/mol. The van der Waals surface area contributed by atoms with Crippen LogP contribution in [0.3, 0.4) is 0 Å². The lowest BCUT2D eigenvalue weighted by atomic mass is 10.0. The lowest BCUT2D eigenvalue weighted by Gasteiger charge is -2.07. The molecule has 1 aromatic heterocycles. The van der Waals surface area contributed by atoms with E-state index in [1.807, 2.05) is 42.5 Å². The lowest BCUT2D eigenvalue weighted by molar-refractivity contribution is 0.601. The topological polar surface area (TPSA) is 47.0 Å². The second-order valence-corrected chi connectivity index (χ2v) is 6.50. The molecule has 0 aliphatic rings. The zero-order chi connectivity index (χ0) is 13.0. The van der Waals surface area contributed by atoms with E-state index in [0.717, 1.165) is 16.8 Å². The molecule has 2 aromatic rings. The molecule has 0 fully saturated rings. The number of aryl methyl sites for hydroxylation is 1. The van der Waals surface area contributed by atoms with E-state index >= 15 is 0 Å². The van der Waals surface area contributed by atoms with Crippen LogP contribution >= 0.6 is 0 Å². The van der Waals surface area contributed by atoms with Crippen LogP contribution in [0.4, 0.5) is 0 Å². The van der Waals surface area contributed by atoms with Gasteiger partial charge in [0.25, 0.3) is 0 Å². The Balaban J connectivity index is 2.32. The number of hydrogen-bond donors (Lipinski definition) is 0. The van der Waals surface area contributed by atoms with Gasteiger partial charge in [0, 0.05) is 30.1 Å². The van der Waals surface area contributed by atoms with Crippen LogP contribution in [0.5, 0.6) is 0 Å². The summed E-state index contributed by atoms with van der Waals surface area (Å²) in [5, 5.41) is 0. The van der Waals surface area contributed by atoms with E-state index in [2.05, 4.69) is 4.98 Å². The van der Waals surface area contributed by atoms with Crippen LogP contribution in [-0.2, 0) is 16.3 Å². The van der Waals surface area contributed by atoms with E-state index in [4.69, 9.17) is 0 Å². The van der Waals surface area contributed by atoms with Gasteiger partial charge in [-0.1, -0.05) is 36.4 Å². The van der Waals surface area contributed by atoms with Crippen LogP contribution < -0.4 is 0 Å². The highest BCUT2D eigenvalue weighted by molar-refractivity contribution is 7.90. The molecule has 3 nitrogen and oxygen atoms in total. The van der Waals surface area contributed by atoms with Crippen LogP contribution in [0.25, 0.3) is 11.1 Å².